The van der Waals surface area contributed by atoms with Crippen molar-refractivity contribution in [2.75, 3.05) is 40.4 Å². The molecule has 8 heteroatoms. The monoisotopic (exact) mass is 366 g/mol. The van der Waals surface area contributed by atoms with E-state index in [9.17, 15) is 8.42 Å². The smallest absolute Gasteiger partial charge is 0.243 e. The van der Waals surface area contributed by atoms with Crippen molar-refractivity contribution in [1.29, 1.82) is 0 Å². The van der Waals surface area contributed by atoms with Gasteiger partial charge in [0.15, 0.2) is 11.5 Å². The molecule has 2 aromatic rings. The lowest BCUT2D eigenvalue weighted by atomic mass is 10.3. The fourth-order valence-corrected chi connectivity index (χ4v) is 4.32. The van der Waals surface area contributed by atoms with E-state index < -0.39 is 10.0 Å². The predicted octanol–water partition coefficient (Wildman–Crippen LogP) is 1.80. The number of hydrogen-bond acceptors (Lipinski definition) is 6. The second kappa shape index (κ2) is 7.47. The maximum Gasteiger partial charge on any atom is 0.243 e. The normalized spacial score (nSPS) is 16.7. The first kappa shape index (κ1) is 17.8. The summed E-state index contributed by atoms with van der Waals surface area (Å²) in [6, 6.07) is 8.44. The molecule has 3 rings (SSSR count). The molecule has 1 aromatic carbocycles. The van der Waals surface area contributed by atoms with Crippen LogP contribution in [0.4, 0.5) is 0 Å². The van der Waals surface area contributed by atoms with Crippen LogP contribution in [0.25, 0.3) is 0 Å². The first-order chi connectivity index (χ1) is 12.0. The molecule has 0 N–H and O–H groups in total. The van der Waals surface area contributed by atoms with Crippen LogP contribution < -0.4 is 9.47 Å². The van der Waals surface area contributed by atoms with Crippen LogP contribution >= 0.6 is 0 Å². The van der Waals surface area contributed by atoms with Gasteiger partial charge in [-0.25, -0.2) is 8.42 Å². The number of nitrogens with zero attached hydrogens (tertiary/aromatic N) is 2. The van der Waals surface area contributed by atoms with Gasteiger partial charge >= 0.3 is 0 Å². The average molecular weight is 366 g/mol. The van der Waals surface area contributed by atoms with Crippen molar-refractivity contribution >= 4 is 10.0 Å². The average Bonchev–Trinajstić information content (AvgIpc) is 3.14. The largest absolute Gasteiger partial charge is 0.493 e. The van der Waals surface area contributed by atoms with Crippen LogP contribution in [0, 0.1) is 0 Å². The molecule has 1 aliphatic rings. The predicted molar refractivity (Wildman–Crippen MR) is 92.3 cm³/mol. The van der Waals surface area contributed by atoms with Crippen molar-refractivity contribution in [3.63, 3.8) is 0 Å². The highest BCUT2D eigenvalue weighted by molar-refractivity contribution is 7.89. The number of sulfonamides is 1. The van der Waals surface area contributed by atoms with Gasteiger partial charge in [0.25, 0.3) is 0 Å². The van der Waals surface area contributed by atoms with Crippen molar-refractivity contribution in [2.24, 2.45) is 0 Å². The Hall–Kier alpha value is -2.03. The minimum absolute atomic E-state index is 0.213. The minimum Gasteiger partial charge on any atom is -0.493 e. The molecule has 2 heterocycles. The lowest BCUT2D eigenvalue weighted by Crippen LogP contribution is -2.48. The molecule has 25 heavy (non-hydrogen) atoms. The third-order valence-corrected chi connectivity index (χ3v) is 6.18. The van der Waals surface area contributed by atoms with Crippen LogP contribution in [-0.4, -0.2) is 58.0 Å². The summed E-state index contributed by atoms with van der Waals surface area (Å²) >= 11 is 0. The van der Waals surface area contributed by atoms with E-state index in [-0.39, 0.29) is 4.90 Å². The highest BCUT2D eigenvalue weighted by atomic mass is 32.2. The Morgan fingerprint density at radius 3 is 2.36 bits per heavy atom. The maximum absolute atomic E-state index is 12.9. The third-order valence-electron chi connectivity index (χ3n) is 4.28. The van der Waals surface area contributed by atoms with Crippen LogP contribution in [0.5, 0.6) is 11.5 Å². The van der Waals surface area contributed by atoms with Gasteiger partial charge < -0.3 is 13.9 Å². The molecular formula is C17H22N2O5S. The molecule has 0 saturated carbocycles. The van der Waals surface area contributed by atoms with Crippen molar-refractivity contribution in [3.05, 3.63) is 42.4 Å². The molecular weight excluding hydrogens is 344 g/mol. The minimum atomic E-state index is -3.56. The van der Waals surface area contributed by atoms with Crippen LogP contribution in [0.2, 0.25) is 0 Å². The van der Waals surface area contributed by atoms with Gasteiger partial charge in [0, 0.05) is 32.2 Å². The first-order valence-electron chi connectivity index (χ1n) is 8.01. The molecule has 1 aromatic heterocycles. The number of furan rings is 1. The topological polar surface area (TPSA) is 72.2 Å². The quantitative estimate of drug-likeness (QED) is 0.776. The van der Waals surface area contributed by atoms with Crippen LogP contribution in [0.1, 0.15) is 5.76 Å². The maximum atomic E-state index is 12.9. The van der Waals surface area contributed by atoms with Crippen LogP contribution in [0.3, 0.4) is 0 Å². The summed E-state index contributed by atoms with van der Waals surface area (Å²) < 4.78 is 43.0. The Kier molecular flexibility index (Phi) is 5.31. The van der Waals surface area contributed by atoms with E-state index in [0.29, 0.717) is 44.2 Å². The summed E-state index contributed by atoms with van der Waals surface area (Å²) in [5.41, 5.74) is 0. The molecule has 1 fully saturated rings. The van der Waals surface area contributed by atoms with Crippen LogP contribution in [0.15, 0.2) is 45.9 Å². The molecule has 0 atom stereocenters. The van der Waals surface area contributed by atoms with Gasteiger partial charge in [0.2, 0.25) is 10.0 Å². The highest BCUT2D eigenvalue weighted by Crippen LogP contribution is 2.30. The van der Waals surface area contributed by atoms with Crippen molar-refractivity contribution in [1.82, 2.24) is 9.21 Å². The lowest BCUT2D eigenvalue weighted by Gasteiger charge is -2.33. The van der Waals surface area contributed by atoms with Gasteiger partial charge in [0.05, 0.1) is 31.9 Å². The second-order valence-electron chi connectivity index (χ2n) is 5.78. The number of rotatable bonds is 6. The third kappa shape index (κ3) is 3.81. The highest BCUT2D eigenvalue weighted by Gasteiger charge is 2.29. The summed E-state index contributed by atoms with van der Waals surface area (Å²) in [5, 5.41) is 0. The zero-order valence-corrected chi connectivity index (χ0v) is 15.2. The van der Waals surface area contributed by atoms with Gasteiger partial charge in [-0.3, -0.25) is 4.90 Å². The standard InChI is InChI=1S/C17H22N2O5S/c1-22-16-6-5-15(12-17(16)23-2)25(20,21)19-9-7-18(8-10-19)13-14-4-3-11-24-14/h3-6,11-12H,7-10,13H2,1-2H3. The Morgan fingerprint density at radius 1 is 1.04 bits per heavy atom. The van der Waals surface area contributed by atoms with Gasteiger partial charge in [-0.05, 0) is 24.3 Å². The van der Waals surface area contributed by atoms with Gasteiger partial charge in [-0.15, -0.1) is 0 Å². The van der Waals surface area contributed by atoms with Gasteiger partial charge in [0.1, 0.15) is 5.76 Å². The molecule has 1 aliphatic heterocycles. The van der Waals surface area contributed by atoms with E-state index in [1.807, 2.05) is 12.1 Å². The summed E-state index contributed by atoms with van der Waals surface area (Å²) in [7, 11) is -0.551. The van der Waals surface area contributed by atoms with E-state index in [4.69, 9.17) is 13.9 Å². The number of benzene rings is 1. The molecule has 0 spiro atoms. The van der Waals surface area contributed by atoms with E-state index in [1.165, 1.54) is 24.6 Å². The second-order valence-corrected chi connectivity index (χ2v) is 7.71. The molecule has 0 amide bonds. The van der Waals surface area contributed by atoms with Crippen LogP contribution in [-0.2, 0) is 16.6 Å². The summed E-state index contributed by atoms with van der Waals surface area (Å²) in [6.45, 7) is 2.90. The number of methoxy groups -OCH3 is 2. The summed E-state index contributed by atoms with van der Waals surface area (Å²) in [4.78, 5) is 2.39. The first-order valence-corrected chi connectivity index (χ1v) is 9.45. The molecule has 0 unspecified atom stereocenters. The molecule has 7 nitrogen and oxygen atoms in total. The van der Waals surface area contributed by atoms with E-state index in [0.717, 1.165) is 5.76 Å². The fourth-order valence-electron chi connectivity index (χ4n) is 2.88. The Morgan fingerprint density at radius 2 is 1.76 bits per heavy atom. The summed E-state index contributed by atoms with van der Waals surface area (Å²) in [6.07, 6.45) is 1.65. The SMILES string of the molecule is COc1ccc(S(=O)(=O)N2CCN(Cc3ccco3)CC2)cc1OC. The van der Waals surface area contributed by atoms with Gasteiger partial charge in [-0.2, -0.15) is 4.31 Å². The molecule has 0 aliphatic carbocycles. The Bertz CT molecular complexity index is 796. The van der Waals surface area contributed by atoms with E-state index in [2.05, 4.69) is 4.90 Å². The van der Waals surface area contributed by atoms with E-state index >= 15 is 0 Å². The lowest BCUT2D eigenvalue weighted by molar-refractivity contribution is 0.171. The number of piperazine rings is 1. The van der Waals surface area contributed by atoms with Crippen molar-refractivity contribution in [2.45, 2.75) is 11.4 Å². The Labute approximate surface area is 147 Å². The van der Waals surface area contributed by atoms with Crippen molar-refractivity contribution in [3.8, 4) is 11.5 Å². The van der Waals surface area contributed by atoms with Gasteiger partial charge in [-0.1, -0.05) is 0 Å². The molecule has 1 saturated heterocycles. The zero-order valence-electron chi connectivity index (χ0n) is 14.3. The molecule has 0 bridgehead atoms. The molecule has 136 valence electrons. The zero-order chi connectivity index (χ0) is 17.9. The summed E-state index contributed by atoms with van der Waals surface area (Å²) in [5.74, 6) is 1.79. The fraction of sp³-hybridized carbons (Fsp3) is 0.412. The Balaban J connectivity index is 1.69. The number of hydrogen-bond donors (Lipinski definition) is 0. The van der Waals surface area contributed by atoms with E-state index in [1.54, 1.807) is 18.4 Å². The molecule has 0 radical (unpaired) electrons. The van der Waals surface area contributed by atoms with Crippen molar-refractivity contribution < 1.29 is 22.3 Å². The number of ether oxygens (including phenoxy) is 2.